The van der Waals surface area contributed by atoms with E-state index >= 15 is 0 Å². The van der Waals surface area contributed by atoms with Gasteiger partial charge in [-0.1, -0.05) is 54.1 Å². The van der Waals surface area contributed by atoms with E-state index in [1.165, 1.54) is 12.8 Å². The highest BCUT2D eigenvalue weighted by Gasteiger charge is 2.29. The minimum absolute atomic E-state index is 0.0962. The molecule has 0 amide bonds. The second-order valence-corrected chi connectivity index (χ2v) is 8.71. The Labute approximate surface area is 175 Å². The lowest BCUT2D eigenvalue weighted by molar-refractivity contribution is 0.262. The molecule has 1 unspecified atom stereocenters. The largest absolute Gasteiger partial charge is 0.335 e. The Kier molecular flexibility index (Phi) is 5.98. The Balaban J connectivity index is 1.57. The Bertz CT molecular complexity index is 1010. The SMILES string of the molecule is O=c1[nH]c(=S)[nH]c(C2CCC(C3C=CC=CC3)CC2)c1Cc1ccccc1Cl. The first-order valence-corrected chi connectivity index (χ1v) is 10.8. The van der Waals surface area contributed by atoms with Crippen LogP contribution in [0.5, 0.6) is 0 Å². The summed E-state index contributed by atoms with van der Waals surface area (Å²) >= 11 is 11.6. The normalized spacial score (nSPS) is 24.4. The number of allylic oxidation sites excluding steroid dienone is 4. The zero-order valence-corrected chi connectivity index (χ0v) is 17.4. The number of H-pyrrole nitrogens is 2. The van der Waals surface area contributed by atoms with Gasteiger partial charge in [-0.25, -0.2) is 0 Å². The van der Waals surface area contributed by atoms with Crippen molar-refractivity contribution in [1.82, 2.24) is 9.97 Å². The van der Waals surface area contributed by atoms with E-state index in [0.717, 1.165) is 42.0 Å². The Morgan fingerprint density at radius 2 is 1.86 bits per heavy atom. The minimum atomic E-state index is -0.0962. The van der Waals surface area contributed by atoms with Crippen LogP contribution in [0.4, 0.5) is 0 Å². The maximum atomic E-state index is 12.7. The highest BCUT2D eigenvalue weighted by atomic mass is 35.5. The molecule has 0 bridgehead atoms. The highest BCUT2D eigenvalue weighted by molar-refractivity contribution is 7.71. The molecule has 1 fully saturated rings. The molecule has 2 aliphatic carbocycles. The van der Waals surface area contributed by atoms with Gasteiger partial charge >= 0.3 is 0 Å². The average Bonchev–Trinajstić information content (AvgIpc) is 2.72. The van der Waals surface area contributed by atoms with Crippen LogP contribution < -0.4 is 5.56 Å². The fourth-order valence-electron chi connectivity index (χ4n) is 4.67. The Morgan fingerprint density at radius 3 is 2.57 bits per heavy atom. The summed E-state index contributed by atoms with van der Waals surface area (Å²) in [5.41, 5.74) is 2.65. The van der Waals surface area contributed by atoms with Crippen LogP contribution in [0.3, 0.4) is 0 Å². The van der Waals surface area contributed by atoms with Gasteiger partial charge in [0.15, 0.2) is 4.77 Å². The molecule has 1 atom stereocenters. The Hall–Kier alpha value is -1.91. The summed E-state index contributed by atoms with van der Waals surface area (Å²) in [6.45, 7) is 0. The van der Waals surface area contributed by atoms with Gasteiger partial charge in [0, 0.05) is 22.7 Å². The third-order valence-corrected chi connectivity index (χ3v) is 6.77. The van der Waals surface area contributed by atoms with Crippen LogP contribution >= 0.6 is 23.8 Å². The summed E-state index contributed by atoms with van der Waals surface area (Å²) in [5.74, 6) is 1.74. The second-order valence-electron chi connectivity index (χ2n) is 7.89. The molecule has 0 radical (unpaired) electrons. The molecule has 28 heavy (non-hydrogen) atoms. The Morgan fingerprint density at radius 1 is 1.07 bits per heavy atom. The van der Waals surface area contributed by atoms with Crippen molar-refractivity contribution in [1.29, 1.82) is 0 Å². The molecule has 5 heteroatoms. The molecule has 2 aliphatic rings. The van der Waals surface area contributed by atoms with E-state index < -0.39 is 0 Å². The van der Waals surface area contributed by atoms with Crippen molar-refractivity contribution >= 4 is 23.8 Å². The summed E-state index contributed by atoms with van der Waals surface area (Å²) < 4.78 is 0.408. The molecule has 1 aromatic carbocycles. The van der Waals surface area contributed by atoms with E-state index in [2.05, 4.69) is 34.3 Å². The van der Waals surface area contributed by atoms with Crippen molar-refractivity contribution in [2.45, 2.75) is 44.4 Å². The fourth-order valence-corrected chi connectivity index (χ4v) is 5.08. The van der Waals surface area contributed by atoms with Gasteiger partial charge in [0.1, 0.15) is 0 Å². The molecule has 1 saturated carbocycles. The predicted octanol–water partition coefficient (Wildman–Crippen LogP) is 6.08. The van der Waals surface area contributed by atoms with Gasteiger partial charge in [-0.3, -0.25) is 9.78 Å². The third-order valence-electron chi connectivity index (χ3n) is 6.20. The maximum absolute atomic E-state index is 12.7. The zero-order chi connectivity index (χ0) is 19.5. The summed E-state index contributed by atoms with van der Waals surface area (Å²) in [6.07, 6.45) is 15.2. The van der Waals surface area contributed by atoms with Crippen LogP contribution in [0, 0.1) is 16.6 Å². The number of benzene rings is 1. The van der Waals surface area contributed by atoms with Crippen LogP contribution in [0.1, 0.15) is 54.8 Å². The number of hydrogen-bond donors (Lipinski definition) is 2. The van der Waals surface area contributed by atoms with Gasteiger partial charge in [0.2, 0.25) is 0 Å². The van der Waals surface area contributed by atoms with Crippen LogP contribution in [0.15, 0.2) is 53.4 Å². The lowest BCUT2D eigenvalue weighted by atomic mass is 9.72. The van der Waals surface area contributed by atoms with Gasteiger partial charge in [0.05, 0.1) is 0 Å². The van der Waals surface area contributed by atoms with Crippen molar-refractivity contribution in [2.24, 2.45) is 11.8 Å². The molecule has 0 saturated heterocycles. The smallest absolute Gasteiger partial charge is 0.255 e. The number of nitrogens with one attached hydrogen (secondary N) is 2. The van der Waals surface area contributed by atoms with Crippen LogP contribution in [-0.4, -0.2) is 9.97 Å². The zero-order valence-electron chi connectivity index (χ0n) is 15.8. The first-order valence-electron chi connectivity index (χ1n) is 10.0. The van der Waals surface area contributed by atoms with E-state index in [0.29, 0.717) is 28.1 Å². The van der Waals surface area contributed by atoms with Crippen LogP contribution in [0.2, 0.25) is 5.02 Å². The first-order chi connectivity index (χ1) is 13.6. The molecular formula is C23H25ClN2OS. The summed E-state index contributed by atoms with van der Waals surface area (Å²) in [5, 5.41) is 0.691. The van der Waals surface area contributed by atoms with Crippen LogP contribution in [-0.2, 0) is 6.42 Å². The lowest BCUT2D eigenvalue weighted by Gasteiger charge is -2.33. The fraction of sp³-hybridized carbons (Fsp3) is 0.391. The van der Waals surface area contributed by atoms with Gasteiger partial charge in [-0.2, -0.15) is 0 Å². The van der Waals surface area contributed by atoms with Gasteiger partial charge in [0.25, 0.3) is 5.56 Å². The summed E-state index contributed by atoms with van der Waals surface area (Å²) in [4.78, 5) is 18.8. The van der Waals surface area contributed by atoms with E-state index in [1.807, 2.05) is 24.3 Å². The first kappa shape index (κ1) is 19.4. The van der Waals surface area contributed by atoms with Gasteiger partial charge in [-0.15, -0.1) is 0 Å². The predicted molar refractivity (Wildman–Crippen MR) is 118 cm³/mol. The summed E-state index contributed by atoms with van der Waals surface area (Å²) in [6, 6.07) is 7.71. The molecule has 3 nitrogen and oxygen atoms in total. The van der Waals surface area contributed by atoms with E-state index in [4.69, 9.17) is 23.8 Å². The number of rotatable bonds is 4. The molecule has 1 heterocycles. The maximum Gasteiger partial charge on any atom is 0.255 e. The standard InChI is InChI=1S/C23H25ClN2OS/c24-20-9-5-4-8-18(20)14-19-21(25-23(28)26-22(19)27)17-12-10-16(11-13-17)15-6-2-1-3-7-15/h1-6,8-9,15-17H,7,10-14H2,(H2,25,26,27,28). The van der Waals surface area contributed by atoms with Crippen molar-refractivity contribution in [3.05, 3.63) is 85.5 Å². The van der Waals surface area contributed by atoms with Gasteiger partial charge in [-0.05, 0) is 73.7 Å². The average molecular weight is 413 g/mol. The topological polar surface area (TPSA) is 48.6 Å². The van der Waals surface area contributed by atoms with Crippen molar-refractivity contribution in [2.75, 3.05) is 0 Å². The molecule has 1 aromatic heterocycles. The molecule has 2 aromatic rings. The molecule has 0 spiro atoms. The third kappa shape index (κ3) is 4.23. The quantitative estimate of drug-likeness (QED) is 0.597. The highest BCUT2D eigenvalue weighted by Crippen LogP contribution is 2.41. The second kappa shape index (κ2) is 8.62. The van der Waals surface area contributed by atoms with Gasteiger partial charge < -0.3 is 4.98 Å². The van der Waals surface area contributed by atoms with E-state index in [9.17, 15) is 4.79 Å². The molecule has 146 valence electrons. The molecule has 4 rings (SSSR count). The number of aromatic amines is 2. The minimum Gasteiger partial charge on any atom is -0.335 e. The molecule has 2 N–H and O–H groups in total. The van der Waals surface area contributed by atoms with Crippen LogP contribution in [0.25, 0.3) is 0 Å². The van der Waals surface area contributed by atoms with Crippen molar-refractivity contribution in [3.63, 3.8) is 0 Å². The molecule has 0 aliphatic heterocycles. The van der Waals surface area contributed by atoms with E-state index in [1.54, 1.807) is 0 Å². The monoisotopic (exact) mass is 412 g/mol. The molecular weight excluding hydrogens is 388 g/mol. The lowest BCUT2D eigenvalue weighted by Crippen LogP contribution is -2.25. The van der Waals surface area contributed by atoms with Crippen molar-refractivity contribution in [3.8, 4) is 0 Å². The van der Waals surface area contributed by atoms with Crippen molar-refractivity contribution < 1.29 is 0 Å². The number of hydrogen-bond acceptors (Lipinski definition) is 2. The number of halogens is 1. The summed E-state index contributed by atoms with van der Waals surface area (Å²) in [7, 11) is 0. The van der Waals surface area contributed by atoms with E-state index in [-0.39, 0.29) is 5.56 Å². The number of aromatic nitrogens is 2.